The zero-order valence-corrected chi connectivity index (χ0v) is 17.5. The Balaban J connectivity index is 1.90. The van der Waals surface area contributed by atoms with Crippen molar-refractivity contribution in [3.8, 4) is 12.3 Å². The first-order chi connectivity index (χ1) is 15.0. The van der Waals surface area contributed by atoms with Gasteiger partial charge < -0.3 is 16.8 Å². The van der Waals surface area contributed by atoms with Crippen molar-refractivity contribution in [1.82, 2.24) is 10.3 Å². The minimum Gasteiger partial charge on any atom is -0.397 e. The van der Waals surface area contributed by atoms with Crippen LogP contribution < -0.4 is 22.1 Å². The summed E-state index contributed by atoms with van der Waals surface area (Å²) >= 11 is 7.84. The molecule has 3 aromatic rings. The Labute approximate surface area is 187 Å². The zero-order chi connectivity index (χ0) is 22.0. The van der Waals surface area contributed by atoms with E-state index in [1.54, 1.807) is 0 Å². The standard InChI is InChI=1S/C21H15ClN8S/c22-13-6-2-4-8-15(13)31-14-7-3-1-5-11(14)18-16-17(25)12(9-23)19(26)29-20(16)30-21(28-18)27-10-24/h1-8,18H,(H6,25,26,27,28,29,30). The number of nitrogens with one attached hydrogen (secondary N) is 2. The fraction of sp³-hybridized carbons (Fsp3) is 0.0476. The van der Waals surface area contributed by atoms with E-state index in [0.29, 0.717) is 16.4 Å². The van der Waals surface area contributed by atoms with E-state index in [1.807, 2.05) is 60.8 Å². The van der Waals surface area contributed by atoms with Crippen molar-refractivity contribution >= 4 is 46.6 Å². The average molecular weight is 447 g/mol. The predicted octanol–water partition coefficient (Wildman–Crippen LogP) is 3.86. The van der Waals surface area contributed by atoms with E-state index in [-0.39, 0.29) is 23.0 Å². The van der Waals surface area contributed by atoms with Crippen molar-refractivity contribution in [2.24, 2.45) is 4.99 Å². The summed E-state index contributed by atoms with van der Waals surface area (Å²) in [6, 6.07) is 16.6. The average Bonchev–Trinajstić information content (AvgIpc) is 2.75. The zero-order valence-electron chi connectivity index (χ0n) is 15.9. The number of fused-ring (bicyclic) bond motifs is 1. The van der Waals surface area contributed by atoms with Crippen LogP contribution in [0.2, 0.25) is 5.02 Å². The molecule has 0 saturated heterocycles. The second kappa shape index (κ2) is 8.44. The fourth-order valence-electron chi connectivity index (χ4n) is 3.25. The summed E-state index contributed by atoms with van der Waals surface area (Å²) in [5.41, 5.74) is 13.9. The van der Waals surface area contributed by atoms with E-state index in [2.05, 4.69) is 20.6 Å². The molecule has 1 aromatic heterocycles. The molecular formula is C21H15ClN8S. The Morgan fingerprint density at radius 3 is 2.48 bits per heavy atom. The summed E-state index contributed by atoms with van der Waals surface area (Å²) in [6.07, 6.45) is 1.85. The van der Waals surface area contributed by atoms with Crippen molar-refractivity contribution in [2.45, 2.75) is 15.8 Å². The van der Waals surface area contributed by atoms with Crippen LogP contribution in [-0.4, -0.2) is 10.9 Å². The van der Waals surface area contributed by atoms with Crippen LogP contribution in [0.3, 0.4) is 0 Å². The van der Waals surface area contributed by atoms with E-state index in [9.17, 15) is 5.26 Å². The summed E-state index contributed by atoms with van der Waals surface area (Å²) in [5, 5.41) is 24.6. The summed E-state index contributed by atoms with van der Waals surface area (Å²) in [4.78, 5) is 10.7. The minimum atomic E-state index is -0.626. The third kappa shape index (κ3) is 3.80. The van der Waals surface area contributed by atoms with Gasteiger partial charge in [-0.2, -0.15) is 10.5 Å². The monoisotopic (exact) mass is 446 g/mol. The van der Waals surface area contributed by atoms with Crippen molar-refractivity contribution in [3.05, 3.63) is 70.2 Å². The topological polar surface area (TPSA) is 149 Å². The number of nitrogens with two attached hydrogens (primary N) is 2. The summed E-state index contributed by atoms with van der Waals surface area (Å²) in [7, 11) is 0. The van der Waals surface area contributed by atoms with E-state index < -0.39 is 6.04 Å². The molecule has 0 radical (unpaired) electrons. The van der Waals surface area contributed by atoms with Gasteiger partial charge in [-0.05, 0) is 23.8 Å². The molecule has 1 aliphatic heterocycles. The second-order valence-electron chi connectivity index (χ2n) is 6.47. The highest BCUT2D eigenvalue weighted by molar-refractivity contribution is 7.99. The normalized spacial score (nSPS) is 14.4. The quantitative estimate of drug-likeness (QED) is 0.350. The Hall–Kier alpha value is -3.92. The molecule has 2 aromatic carbocycles. The largest absolute Gasteiger partial charge is 0.397 e. The molecule has 0 aliphatic carbocycles. The summed E-state index contributed by atoms with van der Waals surface area (Å²) < 4.78 is 0. The molecule has 152 valence electrons. The number of pyridine rings is 1. The van der Waals surface area contributed by atoms with Crippen LogP contribution in [0.4, 0.5) is 17.3 Å². The first-order valence-electron chi connectivity index (χ1n) is 9.03. The second-order valence-corrected chi connectivity index (χ2v) is 7.96. The SMILES string of the molecule is N#CNC1=NC(c2ccccc2Sc2ccccc2Cl)c2c(nc(N)c(C#N)c2N)N1. The maximum Gasteiger partial charge on any atom is 0.211 e. The van der Waals surface area contributed by atoms with Crippen LogP contribution >= 0.6 is 23.4 Å². The molecule has 4 rings (SSSR count). The number of guanidine groups is 1. The molecular weight excluding hydrogens is 432 g/mol. The van der Waals surface area contributed by atoms with Gasteiger partial charge in [0.25, 0.3) is 0 Å². The van der Waals surface area contributed by atoms with Crippen molar-refractivity contribution in [2.75, 3.05) is 16.8 Å². The number of nitrogens with zero attached hydrogens (tertiary/aromatic N) is 4. The number of halogens is 1. The smallest absolute Gasteiger partial charge is 0.211 e. The maximum absolute atomic E-state index is 9.49. The van der Waals surface area contributed by atoms with Gasteiger partial charge in [-0.3, -0.25) is 5.32 Å². The van der Waals surface area contributed by atoms with Gasteiger partial charge >= 0.3 is 0 Å². The Morgan fingerprint density at radius 2 is 1.77 bits per heavy atom. The van der Waals surface area contributed by atoms with Crippen LogP contribution in [0.5, 0.6) is 0 Å². The minimum absolute atomic E-state index is 0.00179. The number of hydrogen-bond donors (Lipinski definition) is 4. The lowest BCUT2D eigenvalue weighted by Gasteiger charge is -2.27. The number of nitriles is 2. The van der Waals surface area contributed by atoms with E-state index >= 15 is 0 Å². The van der Waals surface area contributed by atoms with Crippen molar-refractivity contribution in [1.29, 1.82) is 10.5 Å². The lowest BCUT2D eigenvalue weighted by molar-refractivity contribution is 0.827. The number of nitrogen functional groups attached to an aromatic ring is 2. The molecule has 0 saturated carbocycles. The van der Waals surface area contributed by atoms with Gasteiger partial charge in [-0.25, -0.2) is 9.98 Å². The molecule has 0 spiro atoms. The molecule has 2 heterocycles. The predicted molar refractivity (Wildman–Crippen MR) is 121 cm³/mol. The highest BCUT2D eigenvalue weighted by Gasteiger charge is 2.31. The number of anilines is 3. The van der Waals surface area contributed by atoms with Crippen molar-refractivity contribution < 1.29 is 0 Å². The molecule has 1 atom stereocenters. The lowest BCUT2D eigenvalue weighted by atomic mass is 9.95. The van der Waals surface area contributed by atoms with Gasteiger partial charge in [0.15, 0.2) is 6.19 Å². The van der Waals surface area contributed by atoms with Crippen LogP contribution in [0.25, 0.3) is 0 Å². The van der Waals surface area contributed by atoms with Gasteiger partial charge in [-0.1, -0.05) is 53.7 Å². The number of aliphatic imine (C=N–C) groups is 1. The van der Waals surface area contributed by atoms with E-state index in [1.165, 1.54) is 11.8 Å². The molecule has 1 unspecified atom stereocenters. The molecule has 0 bridgehead atoms. The van der Waals surface area contributed by atoms with Crippen LogP contribution in [0.15, 0.2) is 63.3 Å². The summed E-state index contributed by atoms with van der Waals surface area (Å²) in [6.45, 7) is 0. The Morgan fingerprint density at radius 1 is 1.06 bits per heavy atom. The molecule has 31 heavy (non-hydrogen) atoms. The van der Waals surface area contributed by atoms with Gasteiger partial charge in [0.05, 0.1) is 10.7 Å². The number of aromatic nitrogens is 1. The first-order valence-corrected chi connectivity index (χ1v) is 10.2. The van der Waals surface area contributed by atoms with Crippen LogP contribution in [-0.2, 0) is 0 Å². The number of rotatable bonds is 3. The molecule has 1 aliphatic rings. The Bertz CT molecular complexity index is 1290. The highest BCUT2D eigenvalue weighted by atomic mass is 35.5. The molecule has 8 nitrogen and oxygen atoms in total. The summed E-state index contributed by atoms with van der Waals surface area (Å²) in [5.74, 6) is 0.541. The number of benzene rings is 2. The van der Waals surface area contributed by atoms with Gasteiger partial charge in [0.1, 0.15) is 29.3 Å². The van der Waals surface area contributed by atoms with Crippen LogP contribution in [0.1, 0.15) is 22.7 Å². The van der Waals surface area contributed by atoms with Gasteiger partial charge in [0.2, 0.25) is 5.96 Å². The third-order valence-electron chi connectivity index (χ3n) is 4.63. The highest BCUT2D eigenvalue weighted by Crippen LogP contribution is 2.45. The van der Waals surface area contributed by atoms with Gasteiger partial charge in [0, 0.05) is 15.4 Å². The first kappa shape index (κ1) is 20.4. The lowest BCUT2D eigenvalue weighted by Crippen LogP contribution is -2.32. The van der Waals surface area contributed by atoms with E-state index in [4.69, 9.17) is 28.3 Å². The number of hydrogen-bond acceptors (Lipinski definition) is 9. The van der Waals surface area contributed by atoms with Crippen molar-refractivity contribution in [3.63, 3.8) is 0 Å². The fourth-order valence-corrected chi connectivity index (χ4v) is 4.50. The third-order valence-corrected chi connectivity index (χ3v) is 6.24. The molecule has 0 amide bonds. The Kier molecular flexibility index (Phi) is 5.54. The molecule has 0 fully saturated rings. The molecule has 6 N–H and O–H groups in total. The van der Waals surface area contributed by atoms with E-state index in [0.717, 1.165) is 15.4 Å². The molecule has 10 heteroatoms. The van der Waals surface area contributed by atoms with Crippen LogP contribution in [0, 0.1) is 22.8 Å². The maximum atomic E-state index is 9.49. The van der Waals surface area contributed by atoms with Gasteiger partial charge in [-0.15, -0.1) is 0 Å².